The Morgan fingerprint density at radius 3 is 1.78 bits per heavy atom. The van der Waals surface area contributed by atoms with Crippen LogP contribution in [0, 0.1) is 0 Å². The molecule has 0 radical (unpaired) electrons. The Hall–Kier alpha value is -7.36. The van der Waals surface area contributed by atoms with Crippen molar-refractivity contribution in [1.82, 2.24) is 4.57 Å². The van der Waals surface area contributed by atoms with E-state index in [0.29, 0.717) is 22.5 Å². The molecule has 0 unspecified atom stereocenters. The SMILES string of the molecule is [2H]c1c([2H])c([2H])c(-c2c([2H])c([2H])c(N(c3ccc(-n4c5ccccc5c5ccccc54)cc3)c3ccccc3-c3cccc4c3oc3c5ccccc5ccc43)c([2H])c2[2H])c([2H])c1[2H]. The number of benzene rings is 9. The molecule has 11 aromatic rings. The normalized spacial score (nSPS) is 13.9. The van der Waals surface area contributed by atoms with E-state index in [4.69, 9.17) is 11.3 Å². The van der Waals surface area contributed by atoms with Crippen LogP contribution >= 0.6 is 0 Å². The minimum atomic E-state index is -0.636. The highest BCUT2D eigenvalue weighted by Crippen LogP contribution is 2.45. The highest BCUT2D eigenvalue weighted by molar-refractivity contribution is 6.17. The summed E-state index contributed by atoms with van der Waals surface area (Å²) in [5.41, 5.74) is 5.90. The lowest BCUT2D eigenvalue weighted by atomic mass is 9.98. The predicted molar refractivity (Wildman–Crippen MR) is 231 cm³/mol. The third-order valence-electron chi connectivity index (χ3n) is 10.4. The molecule has 9 aromatic carbocycles. The van der Waals surface area contributed by atoms with Crippen LogP contribution in [0.3, 0.4) is 0 Å². The summed E-state index contributed by atoms with van der Waals surface area (Å²) in [5, 5.41) is 6.09. The van der Waals surface area contributed by atoms with E-state index in [1.54, 1.807) is 4.90 Å². The molecule has 3 heteroatoms. The van der Waals surface area contributed by atoms with Crippen LogP contribution in [0.25, 0.3) is 82.5 Å². The summed E-state index contributed by atoms with van der Waals surface area (Å²) in [7, 11) is 0. The quantitative estimate of drug-likeness (QED) is 0.171. The maximum Gasteiger partial charge on any atom is 0.143 e. The van der Waals surface area contributed by atoms with Crippen molar-refractivity contribution in [1.29, 1.82) is 0 Å². The van der Waals surface area contributed by atoms with Crippen molar-refractivity contribution in [2.45, 2.75) is 0 Å². The topological polar surface area (TPSA) is 21.3 Å². The average Bonchev–Trinajstić information content (AvgIpc) is 3.89. The molecule has 0 aliphatic rings. The first-order valence-electron chi connectivity index (χ1n) is 22.5. The van der Waals surface area contributed by atoms with Crippen molar-refractivity contribution < 1.29 is 16.8 Å². The molecule has 0 bridgehead atoms. The van der Waals surface area contributed by atoms with Gasteiger partial charge in [-0.3, -0.25) is 0 Å². The second kappa shape index (κ2) is 12.6. The Bertz CT molecular complexity index is 3630. The maximum atomic E-state index is 9.63. The number of para-hydroxylation sites is 4. The third kappa shape index (κ3) is 5.05. The number of hydrogen-bond acceptors (Lipinski definition) is 2. The Morgan fingerprint density at radius 2 is 1.02 bits per heavy atom. The van der Waals surface area contributed by atoms with Crippen molar-refractivity contribution in [2.24, 2.45) is 0 Å². The molecule has 2 heterocycles. The molecule has 11 rings (SSSR count). The fourth-order valence-electron chi connectivity index (χ4n) is 7.89. The summed E-state index contributed by atoms with van der Waals surface area (Å²) >= 11 is 0. The summed E-state index contributed by atoms with van der Waals surface area (Å²) in [6, 6.07) is 44.7. The van der Waals surface area contributed by atoms with Crippen LogP contribution < -0.4 is 4.90 Å². The molecule has 0 amide bonds. The Labute approximate surface area is 331 Å². The molecule has 0 aliphatic heterocycles. The minimum absolute atomic E-state index is 0.0917. The first kappa shape index (κ1) is 23.3. The van der Waals surface area contributed by atoms with E-state index < -0.39 is 59.9 Å². The molecule has 0 N–H and O–H groups in total. The molecule has 0 aliphatic carbocycles. The van der Waals surface area contributed by atoms with Crippen molar-refractivity contribution in [2.75, 3.05) is 4.90 Å². The number of hydrogen-bond donors (Lipinski definition) is 0. The Kier molecular flexibility index (Phi) is 5.37. The molecule has 3 nitrogen and oxygen atoms in total. The van der Waals surface area contributed by atoms with Gasteiger partial charge < -0.3 is 13.9 Å². The molecule has 0 spiro atoms. The van der Waals surface area contributed by atoms with Gasteiger partial charge in [0.1, 0.15) is 11.2 Å². The van der Waals surface area contributed by atoms with Crippen LogP contribution in [0.1, 0.15) is 12.3 Å². The maximum absolute atomic E-state index is 9.63. The van der Waals surface area contributed by atoms with Gasteiger partial charge >= 0.3 is 0 Å². The van der Waals surface area contributed by atoms with E-state index >= 15 is 0 Å². The molecule has 55 heavy (non-hydrogen) atoms. The van der Waals surface area contributed by atoms with Crippen molar-refractivity contribution in [3.8, 4) is 27.9 Å². The number of fused-ring (bicyclic) bond motifs is 8. The molecule has 0 fully saturated rings. The van der Waals surface area contributed by atoms with Crippen LogP contribution in [-0.2, 0) is 0 Å². The molecule has 0 saturated heterocycles. The Balaban J connectivity index is 1.17. The van der Waals surface area contributed by atoms with Gasteiger partial charge in [0.05, 0.1) is 29.1 Å². The first-order chi connectivity index (χ1) is 31.0. The lowest BCUT2D eigenvalue weighted by Gasteiger charge is -2.28. The van der Waals surface area contributed by atoms with E-state index in [1.807, 2.05) is 115 Å². The summed E-state index contributed by atoms with van der Waals surface area (Å²) in [5.74, 6) is 0. The van der Waals surface area contributed by atoms with Gasteiger partial charge in [-0.1, -0.05) is 145 Å². The van der Waals surface area contributed by atoms with Crippen LogP contribution in [0.5, 0.6) is 0 Å². The monoisotopic (exact) mass is 711 g/mol. The van der Waals surface area contributed by atoms with Crippen LogP contribution in [0.2, 0.25) is 0 Å². The standard InChI is InChI=1S/C52H34N2O/c1-2-13-35(14-3-1)36-25-28-38(29-26-36)53(39-30-32-40(33-31-39)54-49-23-10-6-17-42(49)43-18-7-11-24-50(43)54)48-22-9-8-19-44(48)45-20-12-21-46-47-34-27-37-15-4-5-16-41(37)51(47)55-52(45)46/h1-34H/i1D,2D,3D,13D,14D,25D,26D,28D,29D. The summed E-state index contributed by atoms with van der Waals surface area (Å²) in [4.78, 5) is 1.70. The Morgan fingerprint density at radius 1 is 0.418 bits per heavy atom. The predicted octanol–water partition coefficient (Wildman–Crippen LogP) is 14.6. The summed E-state index contributed by atoms with van der Waals surface area (Å²) in [6.45, 7) is 0. The lowest BCUT2D eigenvalue weighted by Crippen LogP contribution is -2.11. The van der Waals surface area contributed by atoms with Crippen LogP contribution in [0.4, 0.5) is 17.1 Å². The number of aromatic nitrogens is 1. The molecular formula is C52H34N2O. The average molecular weight is 712 g/mol. The van der Waals surface area contributed by atoms with E-state index in [1.165, 1.54) is 0 Å². The van der Waals surface area contributed by atoms with Gasteiger partial charge in [-0.05, 0) is 77.1 Å². The molecule has 0 saturated carbocycles. The van der Waals surface area contributed by atoms with Crippen molar-refractivity contribution >= 4 is 71.6 Å². The second-order valence-corrected chi connectivity index (χ2v) is 13.4. The summed E-state index contributed by atoms with van der Waals surface area (Å²) in [6.07, 6.45) is 0. The van der Waals surface area contributed by atoms with Crippen molar-refractivity contribution in [3.63, 3.8) is 0 Å². The second-order valence-electron chi connectivity index (χ2n) is 13.4. The zero-order valence-electron chi connectivity index (χ0n) is 38.2. The smallest absolute Gasteiger partial charge is 0.143 e. The third-order valence-corrected chi connectivity index (χ3v) is 10.4. The number of nitrogens with zero attached hydrogens (tertiary/aromatic N) is 2. The number of furan rings is 1. The van der Waals surface area contributed by atoms with E-state index in [2.05, 4.69) is 41.0 Å². The highest BCUT2D eigenvalue weighted by atomic mass is 16.3. The highest BCUT2D eigenvalue weighted by Gasteiger charge is 2.21. The molecular weight excluding hydrogens is 669 g/mol. The molecule has 258 valence electrons. The fraction of sp³-hybridized carbons (Fsp3) is 0. The minimum Gasteiger partial charge on any atom is -0.455 e. The number of rotatable bonds is 6. The van der Waals surface area contributed by atoms with E-state index in [0.717, 1.165) is 60.2 Å². The zero-order valence-corrected chi connectivity index (χ0v) is 29.2. The largest absolute Gasteiger partial charge is 0.455 e. The van der Waals surface area contributed by atoms with Crippen molar-refractivity contribution in [3.05, 3.63) is 206 Å². The lowest BCUT2D eigenvalue weighted by molar-refractivity contribution is 0.674. The molecule has 2 aromatic heterocycles. The van der Waals surface area contributed by atoms with Gasteiger partial charge in [-0.25, -0.2) is 0 Å². The van der Waals surface area contributed by atoms with Gasteiger partial charge in [-0.2, -0.15) is 0 Å². The summed E-state index contributed by atoms with van der Waals surface area (Å²) < 4.78 is 89.1. The first-order valence-corrected chi connectivity index (χ1v) is 18.0. The van der Waals surface area contributed by atoms with Gasteiger partial charge in [0, 0.05) is 55.1 Å². The van der Waals surface area contributed by atoms with Crippen LogP contribution in [-0.4, -0.2) is 4.57 Å². The van der Waals surface area contributed by atoms with Gasteiger partial charge in [0.25, 0.3) is 0 Å². The fourth-order valence-corrected chi connectivity index (χ4v) is 7.89. The van der Waals surface area contributed by atoms with Crippen LogP contribution in [0.15, 0.2) is 210 Å². The molecule has 0 atom stereocenters. The number of anilines is 3. The van der Waals surface area contributed by atoms with E-state index in [9.17, 15) is 5.48 Å². The zero-order chi connectivity index (χ0) is 44.1. The van der Waals surface area contributed by atoms with E-state index in [-0.39, 0.29) is 11.3 Å². The van der Waals surface area contributed by atoms with Gasteiger partial charge in [-0.15, -0.1) is 0 Å². The van der Waals surface area contributed by atoms with Gasteiger partial charge in [0.2, 0.25) is 0 Å². The van der Waals surface area contributed by atoms with Gasteiger partial charge in [0.15, 0.2) is 0 Å².